The van der Waals surface area contributed by atoms with Crippen LogP contribution in [0.2, 0.25) is 0 Å². The van der Waals surface area contributed by atoms with Crippen LogP contribution in [-0.2, 0) is 22.8 Å². The first-order valence-corrected chi connectivity index (χ1v) is 19.5. The van der Waals surface area contributed by atoms with Crippen LogP contribution in [0, 0.1) is 5.92 Å². The SMILES string of the molecule is COc1cc2nn([C@H]3CC[C@H](CN(C)C4CCN(c5cccc6c5n(C)c(=O)n6C5CCC(=O)NC5=O)CC4)CC3)cc2cc1NC(=O)c1cncc(C(F)(F)F)n1. The van der Waals surface area contributed by atoms with Gasteiger partial charge in [-0.3, -0.25) is 38.5 Å². The summed E-state index contributed by atoms with van der Waals surface area (Å²) in [5, 5.41) is 10.6. The van der Waals surface area contributed by atoms with E-state index in [0.717, 1.165) is 80.9 Å². The molecule has 3 aliphatic rings. The fourth-order valence-electron chi connectivity index (χ4n) is 8.92. The molecule has 5 aromatic rings. The molecule has 0 radical (unpaired) electrons. The molecule has 5 heterocycles. The third-order valence-corrected chi connectivity index (χ3v) is 12.0. The van der Waals surface area contributed by atoms with Crippen molar-refractivity contribution in [3.63, 3.8) is 0 Å². The highest BCUT2D eigenvalue weighted by atomic mass is 19.4. The normalized spacial score (nSPS) is 20.9. The second kappa shape index (κ2) is 15.5. The predicted octanol–water partition coefficient (Wildman–Crippen LogP) is 5.07. The largest absolute Gasteiger partial charge is 0.494 e. The van der Waals surface area contributed by atoms with Crippen LogP contribution in [0.15, 0.2) is 53.7 Å². The number of nitrogens with zero attached hydrogens (tertiary/aromatic N) is 8. The number of benzene rings is 2. The molecule has 15 nitrogen and oxygen atoms in total. The standard InChI is InChI=1S/C40H45F3N10O5/c1-49(25-13-15-51(16-14-25)30-5-4-6-31-36(30)50(2)39(57)53(31)32-11-12-35(54)47-38(32)56)21-23-7-9-26(10-8-23)52-22-24-17-28(33(58-3)18-27(24)48-52)46-37(55)29-19-44-20-34(45-29)40(41,42)43/h4-6,17-20,22-23,25-26,32H,7-16,21H2,1-3H3,(H,46,55)(H,47,54,56)/t23-,26-,32?. The molecule has 1 atom stereocenters. The van der Waals surface area contributed by atoms with Gasteiger partial charge in [-0.05, 0) is 76.1 Å². The minimum Gasteiger partial charge on any atom is -0.494 e. The Labute approximate surface area is 331 Å². The fourth-order valence-corrected chi connectivity index (χ4v) is 8.92. The van der Waals surface area contributed by atoms with Gasteiger partial charge in [0.1, 0.15) is 17.5 Å². The molecular formula is C40H45F3N10O5. The number of halogens is 3. The summed E-state index contributed by atoms with van der Waals surface area (Å²) in [6.45, 7) is 2.66. The molecule has 0 bridgehead atoms. The van der Waals surface area contributed by atoms with E-state index in [0.29, 0.717) is 41.4 Å². The Hall–Kier alpha value is -5.78. The van der Waals surface area contributed by atoms with Crippen LogP contribution >= 0.6 is 0 Å². The summed E-state index contributed by atoms with van der Waals surface area (Å²) in [4.78, 5) is 62.6. The van der Waals surface area contributed by atoms with E-state index in [4.69, 9.17) is 9.84 Å². The van der Waals surface area contributed by atoms with Crippen molar-refractivity contribution >= 4 is 51.0 Å². The lowest BCUT2D eigenvalue weighted by atomic mass is 9.85. The smallest absolute Gasteiger partial charge is 0.434 e. The molecular weight excluding hydrogens is 757 g/mol. The van der Waals surface area contributed by atoms with Gasteiger partial charge in [-0.2, -0.15) is 18.3 Å². The Bertz CT molecular complexity index is 2440. The summed E-state index contributed by atoms with van der Waals surface area (Å²) in [5.41, 5.74) is 1.42. The number of aryl methyl sites for hydroxylation is 1. The van der Waals surface area contributed by atoms with E-state index in [9.17, 15) is 32.3 Å². The van der Waals surface area contributed by atoms with E-state index in [1.165, 1.54) is 11.7 Å². The molecule has 2 aromatic carbocycles. The summed E-state index contributed by atoms with van der Waals surface area (Å²) >= 11 is 0. The average Bonchev–Trinajstić information content (AvgIpc) is 3.74. The zero-order valence-corrected chi connectivity index (χ0v) is 32.5. The lowest BCUT2D eigenvalue weighted by molar-refractivity contribution is -0.141. The number of carbonyl (C=O) groups is 3. The number of rotatable bonds is 9. The number of amides is 3. The van der Waals surface area contributed by atoms with Gasteiger partial charge in [0.15, 0.2) is 5.69 Å². The van der Waals surface area contributed by atoms with Gasteiger partial charge in [0.05, 0.1) is 53.5 Å². The first kappa shape index (κ1) is 39.1. The van der Waals surface area contributed by atoms with E-state index in [-0.39, 0.29) is 29.7 Å². The van der Waals surface area contributed by atoms with Crippen LogP contribution in [0.3, 0.4) is 0 Å². The molecule has 8 rings (SSSR count). The van der Waals surface area contributed by atoms with Crippen LogP contribution in [0.1, 0.15) is 79.6 Å². The Morgan fingerprint density at radius 2 is 1.79 bits per heavy atom. The molecule has 2 N–H and O–H groups in total. The lowest BCUT2D eigenvalue weighted by Gasteiger charge is -2.40. The Kier molecular flexibility index (Phi) is 10.5. The molecule has 1 unspecified atom stereocenters. The number of fused-ring (bicyclic) bond motifs is 2. The number of piperidine rings is 2. The number of carbonyl (C=O) groups excluding carboxylic acids is 3. The number of nitrogens with one attached hydrogen (secondary N) is 2. The number of aromatic nitrogens is 6. The summed E-state index contributed by atoms with van der Waals surface area (Å²) in [6, 6.07) is 9.13. The van der Waals surface area contributed by atoms with Gasteiger partial charge in [0.2, 0.25) is 11.8 Å². The molecule has 1 aliphatic carbocycles. The Morgan fingerprint density at radius 3 is 2.50 bits per heavy atom. The maximum Gasteiger partial charge on any atom is 0.434 e. The summed E-state index contributed by atoms with van der Waals surface area (Å²) in [6.07, 6.45) is 5.20. The van der Waals surface area contributed by atoms with Gasteiger partial charge in [0, 0.05) is 56.8 Å². The highest BCUT2D eigenvalue weighted by molar-refractivity contribution is 6.05. The van der Waals surface area contributed by atoms with Gasteiger partial charge >= 0.3 is 11.9 Å². The van der Waals surface area contributed by atoms with Crippen molar-refractivity contribution in [2.75, 3.05) is 44.0 Å². The molecule has 3 amide bonds. The number of imide groups is 1. The average molecular weight is 803 g/mol. The van der Waals surface area contributed by atoms with Gasteiger partial charge < -0.3 is 19.9 Å². The minimum absolute atomic E-state index is 0.196. The van der Waals surface area contributed by atoms with Crippen molar-refractivity contribution in [2.45, 2.75) is 75.7 Å². The van der Waals surface area contributed by atoms with Crippen molar-refractivity contribution in [3.8, 4) is 5.75 Å². The van der Waals surface area contributed by atoms with Crippen molar-refractivity contribution in [2.24, 2.45) is 13.0 Å². The molecule has 3 aromatic heterocycles. The maximum absolute atomic E-state index is 13.4. The number of anilines is 2. The number of ether oxygens (including phenoxy) is 1. The van der Waals surface area contributed by atoms with Gasteiger partial charge in [-0.1, -0.05) is 6.07 Å². The van der Waals surface area contributed by atoms with E-state index in [2.05, 4.69) is 37.4 Å². The maximum atomic E-state index is 13.4. The van der Waals surface area contributed by atoms with E-state index in [1.807, 2.05) is 29.1 Å². The van der Waals surface area contributed by atoms with Crippen LogP contribution in [0.5, 0.6) is 5.75 Å². The zero-order chi connectivity index (χ0) is 40.9. The number of imidazole rings is 1. The van der Waals surface area contributed by atoms with Crippen molar-refractivity contribution in [1.82, 2.24) is 39.1 Å². The van der Waals surface area contributed by atoms with Gasteiger partial charge in [-0.25, -0.2) is 9.78 Å². The Balaban J connectivity index is 0.866. The van der Waals surface area contributed by atoms with E-state index in [1.54, 1.807) is 23.7 Å². The number of hydrogen-bond acceptors (Lipinski definition) is 10. The van der Waals surface area contributed by atoms with Crippen molar-refractivity contribution < 1.29 is 32.3 Å². The number of hydrogen-bond donors (Lipinski definition) is 2. The predicted molar refractivity (Wildman–Crippen MR) is 209 cm³/mol. The summed E-state index contributed by atoms with van der Waals surface area (Å²) in [5.74, 6) is -0.746. The number of methoxy groups -OCH3 is 1. The molecule has 2 saturated heterocycles. The van der Waals surface area contributed by atoms with E-state index >= 15 is 0 Å². The summed E-state index contributed by atoms with van der Waals surface area (Å²) in [7, 11) is 5.39. The zero-order valence-electron chi connectivity index (χ0n) is 32.5. The highest BCUT2D eigenvalue weighted by Crippen LogP contribution is 2.37. The van der Waals surface area contributed by atoms with Crippen molar-refractivity contribution in [3.05, 3.63) is 70.8 Å². The fraction of sp³-hybridized carbons (Fsp3) is 0.475. The first-order chi connectivity index (χ1) is 27.8. The lowest BCUT2D eigenvalue weighted by Crippen LogP contribution is -2.45. The molecule has 1 saturated carbocycles. The molecule has 306 valence electrons. The van der Waals surface area contributed by atoms with Gasteiger partial charge in [-0.15, -0.1) is 0 Å². The summed E-state index contributed by atoms with van der Waals surface area (Å²) < 4.78 is 50.0. The highest BCUT2D eigenvalue weighted by Gasteiger charge is 2.35. The van der Waals surface area contributed by atoms with Crippen LogP contribution in [0.4, 0.5) is 24.5 Å². The molecule has 58 heavy (non-hydrogen) atoms. The van der Waals surface area contributed by atoms with Crippen LogP contribution in [-0.4, -0.2) is 91.3 Å². The third-order valence-electron chi connectivity index (χ3n) is 12.0. The number of alkyl halides is 3. The van der Waals surface area contributed by atoms with Crippen LogP contribution < -0.4 is 26.0 Å². The van der Waals surface area contributed by atoms with E-state index < -0.39 is 35.4 Å². The topological polar surface area (TPSA) is 162 Å². The first-order valence-electron chi connectivity index (χ1n) is 19.5. The molecule has 3 fully saturated rings. The molecule has 2 aliphatic heterocycles. The number of para-hydroxylation sites is 1. The molecule has 18 heteroatoms. The Morgan fingerprint density at radius 1 is 1.03 bits per heavy atom. The molecule has 0 spiro atoms. The third kappa shape index (κ3) is 7.52. The second-order valence-corrected chi connectivity index (χ2v) is 15.6. The quantitative estimate of drug-likeness (QED) is 0.193. The second-order valence-electron chi connectivity index (χ2n) is 15.6. The monoisotopic (exact) mass is 802 g/mol. The minimum atomic E-state index is -4.73. The van der Waals surface area contributed by atoms with Crippen molar-refractivity contribution in [1.29, 1.82) is 0 Å². The van der Waals surface area contributed by atoms with Crippen LogP contribution in [0.25, 0.3) is 21.9 Å². The van der Waals surface area contributed by atoms with Gasteiger partial charge in [0.25, 0.3) is 5.91 Å².